The molecule has 1 fully saturated rings. The van der Waals surface area contributed by atoms with E-state index < -0.39 is 30.8 Å². The second-order valence-corrected chi connectivity index (χ2v) is 5.83. The highest BCUT2D eigenvalue weighted by atomic mass is 19.4. The van der Waals surface area contributed by atoms with Gasteiger partial charge in [-0.3, -0.25) is 10.1 Å². The molecule has 0 saturated heterocycles. The van der Waals surface area contributed by atoms with E-state index in [-0.39, 0.29) is 11.5 Å². The van der Waals surface area contributed by atoms with E-state index in [0.717, 1.165) is 12.8 Å². The summed E-state index contributed by atoms with van der Waals surface area (Å²) < 4.78 is 39.3. The Labute approximate surface area is 133 Å². The number of carbonyl (C=O) groups excluding carboxylic acids is 1. The van der Waals surface area contributed by atoms with E-state index in [1.807, 2.05) is 0 Å². The van der Waals surface area contributed by atoms with Gasteiger partial charge in [-0.05, 0) is 18.4 Å². The number of hydrogen-bond acceptors (Lipinski definition) is 3. The molecular formula is C16H21F3N2O2. The number of nitrogens with one attached hydrogen (secondary N) is 2. The summed E-state index contributed by atoms with van der Waals surface area (Å²) in [7, 11) is 0. The van der Waals surface area contributed by atoms with Crippen LogP contribution in [0, 0.1) is 5.92 Å². The maximum absolute atomic E-state index is 13.1. The van der Waals surface area contributed by atoms with Crippen LogP contribution in [0.1, 0.15) is 30.9 Å². The van der Waals surface area contributed by atoms with Crippen LogP contribution in [0.4, 0.5) is 13.2 Å². The second kappa shape index (κ2) is 7.79. The minimum absolute atomic E-state index is 0.00788. The van der Waals surface area contributed by atoms with Gasteiger partial charge in [0.05, 0.1) is 12.6 Å². The molecule has 0 spiro atoms. The smallest absolute Gasteiger partial charge is 0.393 e. The standard InChI is InChI=1S/C16H21F3N2O2/c17-16(18,19)15(11-5-2-1-3-6-11)21-10-14(23)20-9-12-7-4-8-13(12)22/h1-3,5-6,12-13,15,21-22H,4,7-10H2,(H,20,23). The Morgan fingerprint density at radius 1 is 1.26 bits per heavy atom. The van der Waals surface area contributed by atoms with E-state index in [1.54, 1.807) is 6.07 Å². The van der Waals surface area contributed by atoms with Crippen LogP contribution in [-0.4, -0.2) is 36.4 Å². The lowest BCUT2D eigenvalue weighted by atomic mass is 10.1. The first kappa shape index (κ1) is 17.7. The van der Waals surface area contributed by atoms with E-state index in [0.29, 0.717) is 13.0 Å². The summed E-state index contributed by atoms with van der Waals surface area (Å²) >= 11 is 0. The number of benzene rings is 1. The fraction of sp³-hybridized carbons (Fsp3) is 0.562. The lowest BCUT2D eigenvalue weighted by molar-refractivity contribution is -0.158. The molecule has 1 aliphatic rings. The molecule has 3 N–H and O–H groups in total. The third kappa shape index (κ3) is 5.21. The molecule has 0 radical (unpaired) electrons. The number of aliphatic hydroxyl groups excluding tert-OH is 1. The molecule has 23 heavy (non-hydrogen) atoms. The predicted molar refractivity (Wildman–Crippen MR) is 79.6 cm³/mol. The number of carbonyl (C=O) groups is 1. The summed E-state index contributed by atoms with van der Waals surface area (Å²) in [6.45, 7) is -0.133. The third-order valence-corrected chi connectivity index (χ3v) is 4.11. The molecule has 4 nitrogen and oxygen atoms in total. The molecule has 1 aromatic carbocycles. The molecule has 1 aromatic rings. The van der Waals surface area contributed by atoms with Crippen molar-refractivity contribution in [2.24, 2.45) is 5.92 Å². The predicted octanol–water partition coefficient (Wildman–Crippen LogP) is 2.16. The molecule has 128 valence electrons. The Morgan fingerprint density at radius 2 is 1.96 bits per heavy atom. The highest BCUT2D eigenvalue weighted by Crippen LogP contribution is 2.32. The fourth-order valence-corrected chi connectivity index (χ4v) is 2.83. The first-order chi connectivity index (χ1) is 10.9. The highest BCUT2D eigenvalue weighted by Gasteiger charge is 2.40. The Hall–Kier alpha value is -1.60. The number of aliphatic hydroxyl groups is 1. The van der Waals surface area contributed by atoms with Crippen LogP contribution in [0.3, 0.4) is 0 Å². The van der Waals surface area contributed by atoms with Crippen molar-refractivity contribution in [1.29, 1.82) is 0 Å². The van der Waals surface area contributed by atoms with Gasteiger partial charge in [-0.1, -0.05) is 36.8 Å². The molecule has 1 saturated carbocycles. The quantitative estimate of drug-likeness (QED) is 0.749. The molecule has 7 heteroatoms. The van der Waals surface area contributed by atoms with Crippen molar-refractivity contribution < 1.29 is 23.1 Å². The number of alkyl halides is 3. The third-order valence-electron chi connectivity index (χ3n) is 4.11. The summed E-state index contributed by atoms with van der Waals surface area (Å²) in [5.41, 5.74) is 0.0685. The van der Waals surface area contributed by atoms with Gasteiger partial charge in [-0.25, -0.2) is 0 Å². The first-order valence-corrected chi connectivity index (χ1v) is 7.67. The Kier molecular flexibility index (Phi) is 6.01. The van der Waals surface area contributed by atoms with Crippen molar-refractivity contribution in [3.63, 3.8) is 0 Å². The van der Waals surface area contributed by atoms with Gasteiger partial charge in [0.15, 0.2) is 0 Å². The van der Waals surface area contributed by atoms with E-state index in [4.69, 9.17) is 0 Å². The van der Waals surface area contributed by atoms with Crippen LogP contribution in [0.2, 0.25) is 0 Å². The van der Waals surface area contributed by atoms with Crippen LogP contribution in [0.15, 0.2) is 30.3 Å². The van der Waals surface area contributed by atoms with E-state index in [1.165, 1.54) is 24.3 Å². The molecule has 1 amide bonds. The van der Waals surface area contributed by atoms with Gasteiger partial charge in [0, 0.05) is 12.5 Å². The molecule has 0 heterocycles. The molecule has 0 aliphatic heterocycles. The van der Waals surface area contributed by atoms with Crippen molar-refractivity contribution in [3.8, 4) is 0 Å². The Balaban J connectivity index is 1.85. The highest BCUT2D eigenvalue weighted by molar-refractivity contribution is 5.78. The minimum Gasteiger partial charge on any atom is -0.393 e. The largest absolute Gasteiger partial charge is 0.407 e. The first-order valence-electron chi connectivity index (χ1n) is 7.67. The van der Waals surface area contributed by atoms with Crippen LogP contribution in [0.25, 0.3) is 0 Å². The maximum atomic E-state index is 13.1. The average Bonchev–Trinajstić information content (AvgIpc) is 2.90. The lowest BCUT2D eigenvalue weighted by Gasteiger charge is -2.22. The molecule has 2 rings (SSSR count). The Morgan fingerprint density at radius 3 is 2.52 bits per heavy atom. The zero-order valence-corrected chi connectivity index (χ0v) is 12.6. The number of hydrogen-bond donors (Lipinski definition) is 3. The molecule has 0 bridgehead atoms. The zero-order chi connectivity index (χ0) is 16.9. The van der Waals surface area contributed by atoms with Crippen LogP contribution < -0.4 is 10.6 Å². The van der Waals surface area contributed by atoms with Crippen molar-refractivity contribution in [3.05, 3.63) is 35.9 Å². The van der Waals surface area contributed by atoms with Crippen molar-refractivity contribution in [1.82, 2.24) is 10.6 Å². The Bertz CT molecular complexity index is 508. The topological polar surface area (TPSA) is 61.4 Å². The van der Waals surface area contributed by atoms with Gasteiger partial charge in [0.25, 0.3) is 0 Å². The average molecular weight is 330 g/mol. The maximum Gasteiger partial charge on any atom is 0.407 e. The fourth-order valence-electron chi connectivity index (χ4n) is 2.83. The van der Waals surface area contributed by atoms with E-state index in [9.17, 15) is 23.1 Å². The van der Waals surface area contributed by atoms with Gasteiger partial charge in [-0.15, -0.1) is 0 Å². The number of amides is 1. The summed E-state index contributed by atoms with van der Waals surface area (Å²) in [5.74, 6) is -0.513. The van der Waals surface area contributed by atoms with Crippen molar-refractivity contribution >= 4 is 5.91 Å². The van der Waals surface area contributed by atoms with Crippen LogP contribution >= 0.6 is 0 Å². The summed E-state index contributed by atoms with van der Waals surface area (Å²) in [5, 5.41) is 14.5. The zero-order valence-electron chi connectivity index (χ0n) is 12.6. The normalized spacial score (nSPS) is 22.8. The lowest BCUT2D eigenvalue weighted by Crippen LogP contribution is -2.42. The molecule has 3 atom stereocenters. The van der Waals surface area contributed by atoms with E-state index >= 15 is 0 Å². The van der Waals surface area contributed by atoms with Gasteiger partial charge < -0.3 is 10.4 Å². The van der Waals surface area contributed by atoms with Gasteiger partial charge in [-0.2, -0.15) is 13.2 Å². The summed E-state index contributed by atoms with van der Waals surface area (Å²) in [6, 6.07) is 5.55. The SMILES string of the molecule is O=C(CNC(c1ccccc1)C(F)(F)F)NCC1CCCC1O. The monoisotopic (exact) mass is 330 g/mol. The van der Waals surface area contributed by atoms with Crippen LogP contribution in [0.5, 0.6) is 0 Å². The minimum atomic E-state index is -4.48. The molecule has 3 unspecified atom stereocenters. The van der Waals surface area contributed by atoms with E-state index in [2.05, 4.69) is 10.6 Å². The summed E-state index contributed by atoms with van der Waals surface area (Å²) in [4.78, 5) is 11.7. The molecule has 1 aliphatic carbocycles. The molecule has 0 aromatic heterocycles. The molecular weight excluding hydrogens is 309 g/mol. The van der Waals surface area contributed by atoms with Gasteiger partial charge in [0.2, 0.25) is 5.91 Å². The van der Waals surface area contributed by atoms with Crippen molar-refractivity contribution in [2.45, 2.75) is 37.6 Å². The number of halogens is 3. The van der Waals surface area contributed by atoms with Crippen molar-refractivity contribution in [2.75, 3.05) is 13.1 Å². The van der Waals surface area contributed by atoms with Gasteiger partial charge in [0.1, 0.15) is 6.04 Å². The summed E-state index contributed by atoms with van der Waals surface area (Å²) in [6.07, 6.45) is -2.48. The van der Waals surface area contributed by atoms with Crippen LogP contribution in [-0.2, 0) is 4.79 Å². The second-order valence-electron chi connectivity index (χ2n) is 5.83. The van der Waals surface area contributed by atoms with Gasteiger partial charge >= 0.3 is 6.18 Å². The number of rotatable bonds is 6.